The van der Waals surface area contributed by atoms with Gasteiger partial charge in [-0.15, -0.1) is 6.42 Å². The van der Waals surface area contributed by atoms with E-state index in [0.29, 0.717) is 6.61 Å². The van der Waals surface area contributed by atoms with E-state index < -0.39 is 11.6 Å². The maximum Gasteiger partial charge on any atom is 0.370 e. The summed E-state index contributed by atoms with van der Waals surface area (Å²) in [6, 6.07) is -0.441. The third-order valence-electron chi connectivity index (χ3n) is 2.50. The average Bonchev–Trinajstić information content (AvgIpc) is 2.37. The summed E-state index contributed by atoms with van der Waals surface area (Å²) in [5.74, 6) is 2.08. The van der Waals surface area contributed by atoms with Gasteiger partial charge in [0.25, 0.3) is 0 Å². The number of quaternary nitrogens is 1. The molecule has 4 heteroatoms. The van der Waals surface area contributed by atoms with Gasteiger partial charge in [-0.05, 0) is 20.8 Å². The molecule has 1 saturated heterocycles. The number of carbonyl (C=O) groups is 1. The predicted octanol–water partition coefficient (Wildman–Crippen LogP) is 0.968. The van der Waals surface area contributed by atoms with E-state index in [-0.39, 0.29) is 16.5 Å². The van der Waals surface area contributed by atoms with Gasteiger partial charge < -0.3 is 4.74 Å². The van der Waals surface area contributed by atoms with Crippen LogP contribution in [0.1, 0.15) is 20.8 Å². The summed E-state index contributed by atoms with van der Waals surface area (Å²) in [5.41, 5.74) is -0.501. The molecule has 0 aliphatic carbocycles. The Hall–Kier alpha value is -1.05. The molecule has 1 aliphatic heterocycles. The SMILES string of the molecule is C#C[C@@H]1CO[N+](C)(C)C1C(=O)OC(C)(C)C. The number of ether oxygens (including phenoxy) is 1. The lowest BCUT2D eigenvalue weighted by atomic mass is 10.0. The third-order valence-corrected chi connectivity index (χ3v) is 2.50. The minimum atomic E-state index is -0.501. The van der Waals surface area contributed by atoms with Crippen molar-refractivity contribution in [3.8, 4) is 12.3 Å². The van der Waals surface area contributed by atoms with Crippen molar-refractivity contribution in [1.82, 2.24) is 0 Å². The van der Waals surface area contributed by atoms with Crippen molar-refractivity contribution >= 4 is 5.97 Å². The van der Waals surface area contributed by atoms with Gasteiger partial charge in [0.05, 0.1) is 14.1 Å². The fraction of sp³-hybridized carbons (Fsp3) is 0.750. The fourth-order valence-corrected chi connectivity index (χ4v) is 1.80. The Kier molecular flexibility index (Phi) is 3.32. The number of hydroxylamine groups is 3. The standard InChI is InChI=1S/C12H20NO3/c1-7-9-8-15-13(5,6)10(9)11(14)16-12(2,3)4/h1,9-10H,8H2,2-6H3/q+1/t9-,10?/m1/s1. The summed E-state index contributed by atoms with van der Waals surface area (Å²) in [7, 11) is 3.62. The van der Waals surface area contributed by atoms with Crippen LogP contribution in [0.4, 0.5) is 0 Å². The Morgan fingerprint density at radius 3 is 2.50 bits per heavy atom. The molecule has 0 radical (unpaired) electrons. The van der Waals surface area contributed by atoms with Gasteiger partial charge in [-0.1, -0.05) is 5.92 Å². The number of carbonyl (C=O) groups excluding carboxylic acids is 1. The average molecular weight is 226 g/mol. The molecule has 0 amide bonds. The summed E-state index contributed by atoms with van der Waals surface area (Å²) in [6.07, 6.45) is 5.40. The molecule has 1 aliphatic rings. The van der Waals surface area contributed by atoms with E-state index in [0.717, 1.165) is 0 Å². The van der Waals surface area contributed by atoms with Crippen LogP contribution in [0.5, 0.6) is 0 Å². The molecule has 1 unspecified atom stereocenters. The van der Waals surface area contributed by atoms with Gasteiger partial charge in [0.1, 0.15) is 18.1 Å². The van der Waals surface area contributed by atoms with E-state index in [1.165, 1.54) is 0 Å². The number of likely N-dealkylation sites (N-methyl/N-ethyl adjacent to an activating group) is 1. The molecule has 0 spiro atoms. The van der Waals surface area contributed by atoms with Gasteiger partial charge in [-0.25, -0.2) is 9.63 Å². The van der Waals surface area contributed by atoms with Crippen LogP contribution in [0.25, 0.3) is 0 Å². The van der Waals surface area contributed by atoms with Crippen molar-refractivity contribution in [2.24, 2.45) is 5.92 Å². The van der Waals surface area contributed by atoms with Crippen LogP contribution in [-0.4, -0.2) is 43.0 Å². The molecule has 0 saturated carbocycles. The van der Waals surface area contributed by atoms with Crippen LogP contribution >= 0.6 is 0 Å². The van der Waals surface area contributed by atoms with E-state index in [4.69, 9.17) is 16.0 Å². The molecule has 1 rings (SSSR count). The fourth-order valence-electron chi connectivity index (χ4n) is 1.80. The van der Waals surface area contributed by atoms with Gasteiger partial charge in [-0.2, -0.15) is 4.65 Å². The molecule has 0 aromatic rings. The first kappa shape index (κ1) is 13.0. The maximum atomic E-state index is 12.0. The van der Waals surface area contributed by atoms with Crippen LogP contribution in [0.2, 0.25) is 0 Å². The molecule has 0 bridgehead atoms. The smallest absolute Gasteiger partial charge is 0.370 e. The van der Waals surface area contributed by atoms with Crippen LogP contribution in [0.15, 0.2) is 0 Å². The molecule has 0 aromatic carbocycles. The number of nitrogens with zero attached hydrogens (tertiary/aromatic N) is 1. The molecule has 90 valence electrons. The Bertz CT molecular complexity index is 322. The normalized spacial score (nSPS) is 28.5. The first-order chi connectivity index (χ1) is 7.17. The van der Waals surface area contributed by atoms with E-state index >= 15 is 0 Å². The number of rotatable bonds is 1. The molecule has 1 heterocycles. The summed E-state index contributed by atoms with van der Waals surface area (Å²) in [6.45, 7) is 5.91. The highest BCUT2D eigenvalue weighted by atomic mass is 16.7. The zero-order valence-corrected chi connectivity index (χ0v) is 10.6. The Morgan fingerprint density at radius 1 is 1.50 bits per heavy atom. The number of terminal acetylenes is 1. The van der Waals surface area contributed by atoms with E-state index in [1.807, 2.05) is 34.9 Å². The van der Waals surface area contributed by atoms with Crippen molar-refractivity contribution < 1.29 is 19.0 Å². The Labute approximate surface area is 97.1 Å². The van der Waals surface area contributed by atoms with Crippen LogP contribution in [0, 0.1) is 18.3 Å². The second-order valence-corrected chi connectivity index (χ2v) is 5.48. The van der Waals surface area contributed by atoms with Gasteiger partial charge in [0, 0.05) is 0 Å². The number of esters is 1. The van der Waals surface area contributed by atoms with Crippen LogP contribution in [0.3, 0.4) is 0 Å². The Balaban J connectivity index is 2.84. The molecular weight excluding hydrogens is 206 g/mol. The zero-order valence-electron chi connectivity index (χ0n) is 10.6. The Morgan fingerprint density at radius 2 is 2.06 bits per heavy atom. The largest absolute Gasteiger partial charge is 0.455 e. The summed E-state index contributed by atoms with van der Waals surface area (Å²) < 4.78 is 5.49. The van der Waals surface area contributed by atoms with Crippen LogP contribution < -0.4 is 0 Å². The van der Waals surface area contributed by atoms with Crippen molar-refractivity contribution in [2.45, 2.75) is 32.4 Å². The molecule has 2 atom stereocenters. The zero-order chi connectivity index (χ0) is 12.6. The lowest BCUT2D eigenvalue weighted by Gasteiger charge is -2.29. The second kappa shape index (κ2) is 4.08. The number of hydrogen-bond donors (Lipinski definition) is 0. The highest BCUT2D eigenvalue weighted by molar-refractivity contribution is 5.76. The monoisotopic (exact) mass is 226 g/mol. The maximum absolute atomic E-state index is 12.0. The van der Waals surface area contributed by atoms with Gasteiger partial charge in [-0.3, -0.25) is 0 Å². The lowest BCUT2D eigenvalue weighted by molar-refractivity contribution is -1.07. The molecule has 1 fully saturated rings. The first-order valence-electron chi connectivity index (χ1n) is 5.34. The highest BCUT2D eigenvalue weighted by Crippen LogP contribution is 2.27. The van der Waals surface area contributed by atoms with Crippen molar-refractivity contribution in [1.29, 1.82) is 0 Å². The molecule has 0 N–H and O–H groups in total. The van der Waals surface area contributed by atoms with E-state index in [1.54, 1.807) is 0 Å². The quantitative estimate of drug-likeness (QED) is 0.380. The van der Waals surface area contributed by atoms with Crippen LogP contribution in [-0.2, 0) is 14.4 Å². The minimum absolute atomic E-state index is 0.129. The molecular formula is C12H20NO3+. The van der Waals surface area contributed by atoms with E-state index in [9.17, 15) is 4.79 Å². The van der Waals surface area contributed by atoms with Crippen molar-refractivity contribution in [3.63, 3.8) is 0 Å². The van der Waals surface area contributed by atoms with Gasteiger partial charge in [0.15, 0.2) is 0 Å². The van der Waals surface area contributed by atoms with Crippen molar-refractivity contribution in [2.75, 3.05) is 20.7 Å². The third kappa shape index (κ3) is 2.75. The predicted molar refractivity (Wildman–Crippen MR) is 60.0 cm³/mol. The highest BCUT2D eigenvalue weighted by Gasteiger charge is 2.51. The molecule has 16 heavy (non-hydrogen) atoms. The van der Waals surface area contributed by atoms with Crippen molar-refractivity contribution in [3.05, 3.63) is 0 Å². The summed E-state index contributed by atoms with van der Waals surface area (Å²) >= 11 is 0. The summed E-state index contributed by atoms with van der Waals surface area (Å²) in [5, 5.41) is 0. The van der Waals surface area contributed by atoms with Gasteiger partial charge in [0.2, 0.25) is 6.04 Å². The topological polar surface area (TPSA) is 35.5 Å². The minimum Gasteiger partial charge on any atom is -0.455 e. The lowest BCUT2D eigenvalue weighted by Crippen LogP contribution is -2.51. The van der Waals surface area contributed by atoms with Gasteiger partial charge >= 0.3 is 5.97 Å². The first-order valence-corrected chi connectivity index (χ1v) is 5.34. The summed E-state index contributed by atoms with van der Waals surface area (Å²) in [4.78, 5) is 17.5. The van der Waals surface area contributed by atoms with E-state index in [2.05, 4.69) is 5.92 Å². The number of hydrogen-bond acceptors (Lipinski definition) is 3. The second-order valence-electron chi connectivity index (χ2n) is 5.48. The molecule has 0 aromatic heterocycles. The molecule has 4 nitrogen and oxygen atoms in total.